The van der Waals surface area contributed by atoms with Gasteiger partial charge in [0.05, 0.1) is 6.10 Å². The first kappa shape index (κ1) is 14.3. The highest BCUT2D eigenvalue weighted by molar-refractivity contribution is 5.68. The van der Waals surface area contributed by atoms with E-state index in [-0.39, 0.29) is 18.6 Å². The highest BCUT2D eigenvalue weighted by Gasteiger charge is 2.30. The highest BCUT2D eigenvalue weighted by atomic mass is 16.6. The number of amides is 1. The molecule has 17 heavy (non-hydrogen) atoms. The molecule has 0 unspecified atom stereocenters. The van der Waals surface area contributed by atoms with Crippen molar-refractivity contribution in [2.45, 2.75) is 45.3 Å². The van der Waals surface area contributed by atoms with Crippen LogP contribution in [0, 0.1) is 5.92 Å². The van der Waals surface area contributed by atoms with Crippen LogP contribution in [0.1, 0.15) is 33.6 Å². The first-order valence-electron chi connectivity index (χ1n) is 6.19. The van der Waals surface area contributed by atoms with Gasteiger partial charge in [-0.2, -0.15) is 0 Å². The van der Waals surface area contributed by atoms with E-state index in [9.17, 15) is 9.90 Å². The molecule has 0 aromatic heterocycles. The third kappa shape index (κ3) is 4.52. The lowest BCUT2D eigenvalue weighted by Crippen LogP contribution is -2.46. The number of likely N-dealkylation sites (tertiary alicyclic amines) is 1. The third-order valence-electron chi connectivity index (χ3n) is 2.90. The summed E-state index contributed by atoms with van der Waals surface area (Å²) in [6, 6.07) is 0. The first-order valence-corrected chi connectivity index (χ1v) is 6.19. The first-order chi connectivity index (χ1) is 7.83. The van der Waals surface area contributed by atoms with Crippen LogP contribution in [-0.2, 0) is 4.74 Å². The number of nitrogens with zero attached hydrogens (tertiary/aromatic N) is 1. The smallest absolute Gasteiger partial charge is 0.410 e. The minimum atomic E-state index is -0.528. The molecule has 3 N–H and O–H groups in total. The molecule has 1 aliphatic rings. The van der Waals surface area contributed by atoms with Crippen LogP contribution >= 0.6 is 0 Å². The maximum absolute atomic E-state index is 11.9. The van der Waals surface area contributed by atoms with Crippen molar-refractivity contribution in [2.24, 2.45) is 11.7 Å². The van der Waals surface area contributed by atoms with Crippen molar-refractivity contribution in [1.29, 1.82) is 0 Å². The average Bonchev–Trinajstić information content (AvgIpc) is 2.26. The number of ether oxygens (including phenoxy) is 1. The van der Waals surface area contributed by atoms with E-state index < -0.39 is 11.7 Å². The van der Waals surface area contributed by atoms with E-state index in [1.807, 2.05) is 20.8 Å². The van der Waals surface area contributed by atoms with E-state index in [1.54, 1.807) is 4.90 Å². The van der Waals surface area contributed by atoms with E-state index in [2.05, 4.69) is 0 Å². The number of carbonyl (C=O) groups excluding carboxylic acids is 1. The van der Waals surface area contributed by atoms with E-state index in [1.165, 1.54) is 0 Å². The van der Waals surface area contributed by atoms with E-state index in [0.29, 0.717) is 13.1 Å². The van der Waals surface area contributed by atoms with Crippen LogP contribution in [0.15, 0.2) is 0 Å². The molecule has 0 aliphatic carbocycles. The lowest BCUT2D eigenvalue weighted by Gasteiger charge is -2.35. The largest absolute Gasteiger partial charge is 0.444 e. The molecule has 1 fully saturated rings. The minimum Gasteiger partial charge on any atom is -0.444 e. The molecule has 0 bridgehead atoms. The molecular weight excluding hydrogens is 220 g/mol. The Morgan fingerprint density at radius 2 is 2.24 bits per heavy atom. The standard InChI is InChI=1S/C12H24N2O3/c1-12(2,3)17-11(16)14-6-4-5-9(8-14)10(15)7-13/h9-10,15H,4-8,13H2,1-3H3/t9-,10+/m0/s1. The third-order valence-corrected chi connectivity index (χ3v) is 2.90. The van der Waals surface area contributed by atoms with Crippen LogP contribution in [0.3, 0.4) is 0 Å². The van der Waals surface area contributed by atoms with Gasteiger partial charge in [0.1, 0.15) is 5.60 Å². The van der Waals surface area contributed by atoms with Crippen LogP contribution in [0.4, 0.5) is 4.79 Å². The van der Waals surface area contributed by atoms with Crippen molar-refractivity contribution in [3.8, 4) is 0 Å². The number of aliphatic hydroxyl groups is 1. The average molecular weight is 244 g/mol. The summed E-state index contributed by atoms with van der Waals surface area (Å²) in [7, 11) is 0. The SMILES string of the molecule is CC(C)(C)OC(=O)N1CCC[C@H]([C@H](O)CN)C1. The Bertz CT molecular complexity index is 263. The zero-order valence-electron chi connectivity index (χ0n) is 11.0. The Labute approximate surface area is 103 Å². The van der Waals surface area contributed by atoms with Crippen LogP contribution in [-0.4, -0.2) is 47.4 Å². The quantitative estimate of drug-likeness (QED) is 0.758. The summed E-state index contributed by atoms with van der Waals surface area (Å²) in [5, 5.41) is 9.71. The van der Waals surface area contributed by atoms with Crippen molar-refractivity contribution in [3.05, 3.63) is 0 Å². The van der Waals surface area contributed by atoms with Gasteiger partial charge >= 0.3 is 6.09 Å². The summed E-state index contributed by atoms with van der Waals surface area (Å²) in [6.07, 6.45) is 0.977. The fourth-order valence-corrected chi connectivity index (χ4v) is 2.01. The molecular formula is C12H24N2O3. The lowest BCUT2D eigenvalue weighted by molar-refractivity contribution is 0.00414. The molecule has 1 aliphatic heterocycles. The summed E-state index contributed by atoms with van der Waals surface area (Å²) in [5.41, 5.74) is 4.97. The fraction of sp³-hybridized carbons (Fsp3) is 0.917. The molecule has 5 heteroatoms. The van der Waals surface area contributed by atoms with Gasteiger partial charge in [-0.3, -0.25) is 0 Å². The maximum atomic E-state index is 11.9. The monoisotopic (exact) mass is 244 g/mol. The number of piperidine rings is 1. The zero-order chi connectivity index (χ0) is 13.1. The number of rotatable bonds is 2. The molecule has 1 amide bonds. The van der Waals surface area contributed by atoms with Gasteiger partial charge in [0.25, 0.3) is 0 Å². The minimum absolute atomic E-state index is 0.0706. The Hall–Kier alpha value is -0.810. The second-order valence-electron chi connectivity index (χ2n) is 5.63. The van der Waals surface area contributed by atoms with E-state index >= 15 is 0 Å². The molecule has 100 valence electrons. The van der Waals surface area contributed by atoms with Crippen molar-refractivity contribution in [3.63, 3.8) is 0 Å². The molecule has 2 atom stereocenters. The maximum Gasteiger partial charge on any atom is 0.410 e. The zero-order valence-corrected chi connectivity index (χ0v) is 11.0. The van der Waals surface area contributed by atoms with Crippen molar-refractivity contribution >= 4 is 6.09 Å². The van der Waals surface area contributed by atoms with Gasteiger partial charge in [-0.15, -0.1) is 0 Å². The second-order valence-corrected chi connectivity index (χ2v) is 5.63. The van der Waals surface area contributed by atoms with Gasteiger partial charge in [-0.05, 0) is 33.6 Å². The van der Waals surface area contributed by atoms with Gasteiger partial charge in [0, 0.05) is 25.6 Å². The Morgan fingerprint density at radius 3 is 2.76 bits per heavy atom. The number of hydrogen-bond donors (Lipinski definition) is 2. The van der Waals surface area contributed by atoms with Gasteiger partial charge in [-0.1, -0.05) is 0 Å². The van der Waals surface area contributed by atoms with E-state index in [4.69, 9.17) is 10.5 Å². The van der Waals surface area contributed by atoms with Crippen molar-refractivity contribution < 1.29 is 14.6 Å². The fourth-order valence-electron chi connectivity index (χ4n) is 2.01. The molecule has 1 heterocycles. The molecule has 1 saturated heterocycles. The van der Waals surface area contributed by atoms with Crippen LogP contribution in [0.2, 0.25) is 0 Å². The molecule has 0 saturated carbocycles. The van der Waals surface area contributed by atoms with Crippen LogP contribution < -0.4 is 5.73 Å². The summed E-state index contributed by atoms with van der Waals surface area (Å²) < 4.78 is 5.31. The summed E-state index contributed by atoms with van der Waals surface area (Å²) in [5.74, 6) is 0.0706. The molecule has 1 rings (SSSR count). The number of hydrogen-bond acceptors (Lipinski definition) is 4. The normalized spacial score (nSPS) is 23.4. The molecule has 0 aromatic carbocycles. The molecule has 0 aromatic rings. The number of carbonyl (C=O) groups is 1. The Balaban J connectivity index is 2.52. The van der Waals surface area contributed by atoms with Gasteiger partial charge in [0.15, 0.2) is 0 Å². The predicted octanol–water partition coefficient (Wildman–Crippen LogP) is 0.953. The number of nitrogens with two attached hydrogens (primary N) is 1. The Morgan fingerprint density at radius 1 is 1.59 bits per heavy atom. The van der Waals surface area contributed by atoms with Gasteiger partial charge in [0.2, 0.25) is 0 Å². The summed E-state index contributed by atoms with van der Waals surface area (Å²) >= 11 is 0. The number of aliphatic hydroxyl groups excluding tert-OH is 1. The molecule has 0 spiro atoms. The topological polar surface area (TPSA) is 75.8 Å². The molecule has 5 nitrogen and oxygen atoms in total. The Kier molecular flexibility index (Phi) is 4.77. The summed E-state index contributed by atoms with van der Waals surface area (Å²) in [6.45, 7) is 7.02. The predicted molar refractivity (Wildman–Crippen MR) is 65.6 cm³/mol. The van der Waals surface area contributed by atoms with Crippen LogP contribution in [0.5, 0.6) is 0 Å². The summed E-state index contributed by atoms with van der Waals surface area (Å²) in [4.78, 5) is 13.5. The van der Waals surface area contributed by atoms with Crippen LogP contribution in [0.25, 0.3) is 0 Å². The lowest BCUT2D eigenvalue weighted by atomic mass is 9.93. The van der Waals surface area contributed by atoms with E-state index in [0.717, 1.165) is 12.8 Å². The van der Waals surface area contributed by atoms with Crippen molar-refractivity contribution in [2.75, 3.05) is 19.6 Å². The van der Waals surface area contributed by atoms with Gasteiger partial charge < -0.3 is 20.5 Å². The van der Waals surface area contributed by atoms with Crippen molar-refractivity contribution in [1.82, 2.24) is 4.90 Å². The highest BCUT2D eigenvalue weighted by Crippen LogP contribution is 2.21. The van der Waals surface area contributed by atoms with Gasteiger partial charge in [-0.25, -0.2) is 4.79 Å². The molecule has 0 radical (unpaired) electrons. The second kappa shape index (κ2) is 5.69.